The predicted molar refractivity (Wildman–Crippen MR) is 132 cm³/mol. The number of aryl methyl sites for hydroxylation is 2. The number of anilines is 1. The van der Waals surface area contributed by atoms with Gasteiger partial charge in [-0.2, -0.15) is 4.98 Å². The largest absolute Gasteiger partial charge is 0.479 e. The fraction of sp³-hybridized carbons (Fsp3) is 0.480. The van der Waals surface area contributed by atoms with Gasteiger partial charge in [-0.1, -0.05) is 0 Å². The highest BCUT2D eigenvalue weighted by atomic mass is 19.1. The van der Waals surface area contributed by atoms with Gasteiger partial charge in [0.05, 0.1) is 44.5 Å². The number of ether oxygens (including phenoxy) is 2. The van der Waals surface area contributed by atoms with Gasteiger partial charge < -0.3 is 19.4 Å². The SMILES string of the molecule is COc1nc(N[C@@H]2CCN(C3COC3)C[C@H]2F)nn2ccc(-c3cc(F)c4nc(C)n(CCF)c4c3)c12. The van der Waals surface area contributed by atoms with Crippen molar-refractivity contribution in [2.24, 2.45) is 0 Å². The van der Waals surface area contributed by atoms with Crippen LogP contribution in [0.4, 0.5) is 19.1 Å². The van der Waals surface area contributed by atoms with E-state index < -0.39 is 24.7 Å². The Hall–Kier alpha value is -3.38. The molecule has 2 atom stereocenters. The van der Waals surface area contributed by atoms with Gasteiger partial charge in [-0.15, -0.1) is 5.10 Å². The number of imidazole rings is 1. The molecule has 0 bridgehead atoms. The van der Waals surface area contributed by atoms with Gasteiger partial charge in [0.15, 0.2) is 5.82 Å². The number of piperidine rings is 1. The third-order valence-corrected chi connectivity index (χ3v) is 7.31. The molecule has 6 rings (SSSR count). The zero-order chi connectivity index (χ0) is 25.7. The van der Waals surface area contributed by atoms with Gasteiger partial charge in [0, 0.05) is 24.8 Å². The van der Waals surface area contributed by atoms with E-state index in [0.29, 0.717) is 60.2 Å². The van der Waals surface area contributed by atoms with Gasteiger partial charge in [-0.3, -0.25) is 4.90 Å². The molecule has 0 unspecified atom stereocenters. The minimum Gasteiger partial charge on any atom is -0.479 e. The Bertz CT molecular complexity index is 1450. The van der Waals surface area contributed by atoms with Crippen molar-refractivity contribution in [1.29, 1.82) is 0 Å². The number of hydrogen-bond donors (Lipinski definition) is 1. The number of nitrogens with one attached hydrogen (secondary N) is 1. The molecule has 0 amide bonds. The summed E-state index contributed by atoms with van der Waals surface area (Å²) in [6.45, 7) is 3.65. The number of benzene rings is 1. The number of nitrogens with zero attached hydrogens (tertiary/aromatic N) is 6. The highest BCUT2D eigenvalue weighted by Gasteiger charge is 2.35. The summed E-state index contributed by atoms with van der Waals surface area (Å²) in [4.78, 5) is 10.9. The number of likely N-dealkylation sites (tertiary alicyclic amines) is 1. The molecule has 12 heteroatoms. The van der Waals surface area contributed by atoms with Crippen LogP contribution in [0.25, 0.3) is 27.7 Å². The highest BCUT2D eigenvalue weighted by molar-refractivity contribution is 5.90. The van der Waals surface area contributed by atoms with E-state index in [1.165, 1.54) is 13.2 Å². The van der Waals surface area contributed by atoms with E-state index >= 15 is 4.39 Å². The zero-order valence-corrected chi connectivity index (χ0v) is 20.6. The van der Waals surface area contributed by atoms with Gasteiger partial charge in [0.2, 0.25) is 11.8 Å². The normalized spacial score (nSPS) is 21.0. The molecule has 2 saturated heterocycles. The van der Waals surface area contributed by atoms with Gasteiger partial charge in [-0.25, -0.2) is 22.7 Å². The summed E-state index contributed by atoms with van der Waals surface area (Å²) in [5, 5.41) is 7.67. The zero-order valence-electron chi connectivity index (χ0n) is 20.6. The maximum Gasteiger partial charge on any atom is 0.244 e. The first-order valence-corrected chi connectivity index (χ1v) is 12.3. The molecule has 4 aromatic rings. The number of halogens is 3. The smallest absolute Gasteiger partial charge is 0.244 e. The van der Waals surface area contributed by atoms with Crippen molar-refractivity contribution in [2.45, 2.75) is 38.1 Å². The maximum atomic E-state index is 15.0. The summed E-state index contributed by atoms with van der Waals surface area (Å²) in [6, 6.07) is 4.84. The lowest BCUT2D eigenvalue weighted by molar-refractivity contribution is -0.0794. The molecule has 2 fully saturated rings. The van der Waals surface area contributed by atoms with Gasteiger partial charge in [0.1, 0.15) is 29.7 Å². The Kier molecular flexibility index (Phi) is 6.15. The molecule has 1 aromatic carbocycles. The van der Waals surface area contributed by atoms with E-state index in [4.69, 9.17) is 9.47 Å². The van der Waals surface area contributed by atoms with Crippen LogP contribution in [-0.4, -0.2) is 87.4 Å². The topological polar surface area (TPSA) is 81.7 Å². The molecule has 9 nitrogen and oxygen atoms in total. The Balaban J connectivity index is 1.32. The average Bonchev–Trinajstić information content (AvgIpc) is 3.41. The van der Waals surface area contributed by atoms with Crippen molar-refractivity contribution in [1.82, 2.24) is 29.0 Å². The molecule has 0 radical (unpaired) electrons. The lowest BCUT2D eigenvalue weighted by Crippen LogP contribution is -2.57. The molecular formula is C25H28F3N7O2. The van der Waals surface area contributed by atoms with Crippen molar-refractivity contribution < 1.29 is 22.6 Å². The molecule has 0 aliphatic carbocycles. The molecule has 0 saturated carbocycles. The number of fused-ring (bicyclic) bond motifs is 2. The minimum atomic E-state index is -1.08. The number of alkyl halides is 2. The number of rotatable bonds is 7. The molecule has 1 N–H and O–H groups in total. The van der Waals surface area contributed by atoms with Crippen LogP contribution in [0.15, 0.2) is 24.4 Å². The summed E-state index contributed by atoms with van der Waals surface area (Å²) < 4.78 is 57.2. The number of methoxy groups -OCH3 is 1. The molecule has 37 heavy (non-hydrogen) atoms. The summed E-state index contributed by atoms with van der Waals surface area (Å²) >= 11 is 0. The molecule has 2 aliphatic heterocycles. The van der Waals surface area contributed by atoms with Crippen molar-refractivity contribution >= 4 is 22.5 Å². The fourth-order valence-corrected chi connectivity index (χ4v) is 5.27. The second kappa shape index (κ2) is 9.49. The van der Waals surface area contributed by atoms with Crippen LogP contribution >= 0.6 is 0 Å². The van der Waals surface area contributed by atoms with Crippen LogP contribution in [-0.2, 0) is 11.3 Å². The van der Waals surface area contributed by atoms with E-state index in [1.54, 1.807) is 34.3 Å². The third kappa shape index (κ3) is 4.17. The van der Waals surface area contributed by atoms with Crippen LogP contribution in [0.3, 0.4) is 0 Å². The van der Waals surface area contributed by atoms with E-state index in [9.17, 15) is 8.78 Å². The summed E-state index contributed by atoms with van der Waals surface area (Å²) in [6.07, 6.45) is 1.26. The second-order valence-electron chi connectivity index (χ2n) is 9.53. The standard InChI is InChI=1S/C25H28F3N7O2/c1-14-29-22-18(27)9-15(10-21(22)34(14)8-5-26)17-3-7-35-23(17)24(36-2)31-25(32-35)30-20-4-6-33(11-19(20)28)16-12-37-13-16/h3,7,9-10,16,19-20H,4-6,8,11-13H2,1-2H3,(H,30,32)/t19-,20-/m1/s1. The molecule has 0 spiro atoms. The first kappa shape index (κ1) is 24.0. The van der Waals surface area contributed by atoms with Gasteiger partial charge >= 0.3 is 0 Å². The molecule has 3 aromatic heterocycles. The summed E-state index contributed by atoms with van der Waals surface area (Å²) in [5.74, 6) is 0.559. The second-order valence-corrected chi connectivity index (χ2v) is 9.53. The summed E-state index contributed by atoms with van der Waals surface area (Å²) in [5.41, 5.74) is 2.46. The first-order valence-electron chi connectivity index (χ1n) is 12.3. The minimum absolute atomic E-state index is 0.0894. The Labute approximate surface area is 211 Å². The van der Waals surface area contributed by atoms with Gasteiger partial charge in [-0.05, 0) is 37.1 Å². The molecular weight excluding hydrogens is 487 g/mol. The Morgan fingerprint density at radius 1 is 1.24 bits per heavy atom. The van der Waals surface area contributed by atoms with E-state index in [1.807, 2.05) is 0 Å². The van der Waals surface area contributed by atoms with Crippen LogP contribution in [0.5, 0.6) is 5.88 Å². The maximum absolute atomic E-state index is 15.0. The van der Waals surface area contributed by atoms with Crippen molar-refractivity contribution in [3.05, 3.63) is 36.0 Å². The molecule has 196 valence electrons. The van der Waals surface area contributed by atoms with E-state index in [-0.39, 0.29) is 23.9 Å². The predicted octanol–water partition coefficient (Wildman–Crippen LogP) is 3.39. The third-order valence-electron chi connectivity index (χ3n) is 7.31. The first-order chi connectivity index (χ1) is 18.0. The monoisotopic (exact) mass is 515 g/mol. The number of hydrogen-bond acceptors (Lipinski definition) is 7. The van der Waals surface area contributed by atoms with Crippen LogP contribution < -0.4 is 10.1 Å². The van der Waals surface area contributed by atoms with E-state index in [2.05, 4.69) is 25.3 Å². The Morgan fingerprint density at radius 3 is 2.78 bits per heavy atom. The van der Waals surface area contributed by atoms with Gasteiger partial charge in [0.25, 0.3) is 0 Å². The lowest BCUT2D eigenvalue weighted by Gasteiger charge is -2.42. The van der Waals surface area contributed by atoms with Crippen LogP contribution in [0.1, 0.15) is 12.2 Å². The fourth-order valence-electron chi connectivity index (χ4n) is 5.27. The summed E-state index contributed by atoms with van der Waals surface area (Å²) in [7, 11) is 1.49. The van der Waals surface area contributed by atoms with Crippen molar-refractivity contribution in [3.8, 4) is 17.0 Å². The van der Waals surface area contributed by atoms with Crippen molar-refractivity contribution in [2.75, 3.05) is 45.4 Å². The molecule has 2 aliphatic rings. The number of aromatic nitrogens is 5. The van der Waals surface area contributed by atoms with Crippen molar-refractivity contribution in [3.63, 3.8) is 0 Å². The molecule has 5 heterocycles. The quantitative estimate of drug-likeness (QED) is 0.404. The lowest BCUT2D eigenvalue weighted by atomic mass is 10.0. The van der Waals surface area contributed by atoms with Crippen LogP contribution in [0, 0.1) is 12.7 Å². The van der Waals surface area contributed by atoms with Crippen LogP contribution in [0.2, 0.25) is 0 Å². The average molecular weight is 516 g/mol. The van der Waals surface area contributed by atoms with E-state index in [0.717, 1.165) is 6.54 Å². The Morgan fingerprint density at radius 2 is 2.08 bits per heavy atom. The highest BCUT2D eigenvalue weighted by Crippen LogP contribution is 2.34.